The molecular weight excluding hydrogens is 268 g/mol. The first-order chi connectivity index (χ1) is 7.62. The molecule has 0 aromatic carbocycles. The molecule has 2 rings (SSSR count). The predicted molar refractivity (Wildman–Crippen MR) is 63.3 cm³/mol. The van der Waals surface area contributed by atoms with E-state index in [9.17, 15) is 8.42 Å². The maximum absolute atomic E-state index is 11.8. The van der Waals surface area contributed by atoms with Gasteiger partial charge in [-0.15, -0.1) is 16.4 Å². The summed E-state index contributed by atoms with van der Waals surface area (Å²) < 4.78 is 26.1. The van der Waals surface area contributed by atoms with E-state index in [-0.39, 0.29) is 10.2 Å². The van der Waals surface area contributed by atoms with Crippen LogP contribution in [-0.2, 0) is 10.0 Å². The van der Waals surface area contributed by atoms with E-state index in [0.29, 0.717) is 5.16 Å². The number of aromatic nitrogens is 3. The molecule has 2 aromatic heterocycles. The number of H-pyrrole nitrogens is 1. The Labute approximate surface area is 101 Å². The van der Waals surface area contributed by atoms with Gasteiger partial charge in [0.15, 0.2) is 0 Å². The third-order valence-electron chi connectivity index (χ3n) is 1.64. The molecule has 0 saturated heterocycles. The lowest BCUT2D eigenvalue weighted by Gasteiger charge is -2.00. The van der Waals surface area contributed by atoms with Crippen molar-refractivity contribution in [1.82, 2.24) is 15.2 Å². The smallest absolute Gasteiger partial charge is 0.247 e. The van der Waals surface area contributed by atoms with Crippen molar-refractivity contribution in [3.8, 4) is 0 Å². The number of thioether (sulfide) groups is 1. The molecule has 86 valence electrons. The maximum atomic E-state index is 11.8. The molecule has 0 bridgehead atoms. The number of thiophene rings is 1. The van der Waals surface area contributed by atoms with Crippen LogP contribution < -0.4 is 4.72 Å². The van der Waals surface area contributed by atoms with E-state index in [2.05, 4.69) is 19.9 Å². The van der Waals surface area contributed by atoms with Crippen LogP contribution in [-0.4, -0.2) is 29.9 Å². The highest BCUT2D eigenvalue weighted by Gasteiger charge is 2.16. The van der Waals surface area contributed by atoms with Crippen LogP contribution >= 0.6 is 23.1 Å². The van der Waals surface area contributed by atoms with Gasteiger partial charge in [0.1, 0.15) is 4.21 Å². The summed E-state index contributed by atoms with van der Waals surface area (Å²) in [5.41, 5.74) is 0. The molecule has 6 nitrogen and oxygen atoms in total. The van der Waals surface area contributed by atoms with E-state index >= 15 is 0 Å². The zero-order valence-electron chi connectivity index (χ0n) is 8.17. The van der Waals surface area contributed by atoms with Gasteiger partial charge in [-0.05, 0) is 17.7 Å². The average Bonchev–Trinajstić information content (AvgIpc) is 2.86. The SMILES string of the molecule is CSc1n[nH]c(NS(=O)(=O)c2cccs2)n1. The number of hydrogen-bond donors (Lipinski definition) is 2. The Bertz CT molecular complexity index is 560. The molecule has 9 heteroatoms. The van der Waals surface area contributed by atoms with E-state index in [0.717, 1.165) is 11.3 Å². The van der Waals surface area contributed by atoms with Crippen LogP contribution in [0, 0.1) is 0 Å². The van der Waals surface area contributed by atoms with Crippen LogP contribution in [0.5, 0.6) is 0 Å². The fraction of sp³-hybridized carbons (Fsp3) is 0.143. The van der Waals surface area contributed by atoms with Crippen molar-refractivity contribution in [2.24, 2.45) is 0 Å². The minimum Gasteiger partial charge on any atom is -0.247 e. The summed E-state index contributed by atoms with van der Waals surface area (Å²) >= 11 is 2.47. The van der Waals surface area contributed by atoms with E-state index in [1.54, 1.807) is 17.7 Å². The standard InChI is InChI=1S/C7H8N4O2S3/c1-14-7-8-6(9-10-7)11-16(12,13)5-3-2-4-15-5/h2-4H,1H3,(H2,8,9,10,11). The second-order valence-electron chi connectivity index (χ2n) is 2.71. The number of nitrogens with one attached hydrogen (secondary N) is 2. The molecule has 0 aliphatic rings. The van der Waals surface area contributed by atoms with Gasteiger partial charge in [0.05, 0.1) is 0 Å². The summed E-state index contributed by atoms with van der Waals surface area (Å²) in [5.74, 6) is 0.123. The van der Waals surface area contributed by atoms with Crippen molar-refractivity contribution < 1.29 is 8.42 Å². The van der Waals surface area contributed by atoms with Gasteiger partial charge < -0.3 is 0 Å². The molecule has 0 unspecified atom stereocenters. The molecule has 0 fully saturated rings. The van der Waals surface area contributed by atoms with E-state index in [1.807, 2.05) is 0 Å². The van der Waals surface area contributed by atoms with Crippen LogP contribution in [0.2, 0.25) is 0 Å². The summed E-state index contributed by atoms with van der Waals surface area (Å²) in [6.07, 6.45) is 1.81. The van der Waals surface area contributed by atoms with Crippen LogP contribution in [0.4, 0.5) is 5.95 Å². The number of aromatic amines is 1. The third kappa shape index (κ3) is 2.36. The van der Waals surface area contributed by atoms with Gasteiger partial charge in [-0.2, -0.15) is 4.98 Å². The van der Waals surface area contributed by atoms with Crippen LogP contribution in [0.1, 0.15) is 0 Å². The van der Waals surface area contributed by atoms with Gasteiger partial charge in [-0.3, -0.25) is 0 Å². The predicted octanol–water partition coefficient (Wildman–Crippen LogP) is 1.39. The number of anilines is 1. The van der Waals surface area contributed by atoms with Crippen LogP contribution in [0.25, 0.3) is 0 Å². The Morgan fingerprint density at radius 1 is 1.56 bits per heavy atom. The third-order valence-corrected chi connectivity index (χ3v) is 4.92. The second-order valence-corrected chi connectivity index (χ2v) is 6.34. The summed E-state index contributed by atoms with van der Waals surface area (Å²) in [5, 5.41) is 8.50. The Morgan fingerprint density at radius 2 is 2.38 bits per heavy atom. The van der Waals surface area contributed by atoms with E-state index < -0.39 is 10.0 Å². The van der Waals surface area contributed by atoms with Crippen molar-refractivity contribution in [2.45, 2.75) is 9.37 Å². The Morgan fingerprint density at radius 3 is 2.94 bits per heavy atom. The molecule has 0 spiro atoms. The van der Waals surface area contributed by atoms with Crippen molar-refractivity contribution in [2.75, 3.05) is 11.0 Å². The molecule has 0 radical (unpaired) electrons. The lowest BCUT2D eigenvalue weighted by Crippen LogP contribution is -2.12. The number of rotatable bonds is 4. The van der Waals surface area contributed by atoms with Gasteiger partial charge in [0, 0.05) is 0 Å². The van der Waals surface area contributed by atoms with Crippen LogP contribution in [0.3, 0.4) is 0 Å². The lowest BCUT2D eigenvalue weighted by molar-refractivity contribution is 0.602. The monoisotopic (exact) mass is 276 g/mol. The highest BCUT2D eigenvalue weighted by molar-refractivity contribution is 7.98. The summed E-state index contributed by atoms with van der Waals surface area (Å²) in [6.45, 7) is 0. The first-order valence-electron chi connectivity index (χ1n) is 4.14. The van der Waals surface area contributed by atoms with Crippen molar-refractivity contribution >= 4 is 39.1 Å². The average molecular weight is 276 g/mol. The molecule has 0 aliphatic carbocycles. The van der Waals surface area contributed by atoms with E-state index in [4.69, 9.17) is 0 Å². The van der Waals surface area contributed by atoms with Gasteiger partial charge in [0.25, 0.3) is 10.0 Å². The minimum atomic E-state index is -3.54. The normalized spacial score (nSPS) is 11.6. The zero-order valence-corrected chi connectivity index (χ0v) is 10.6. The zero-order chi connectivity index (χ0) is 11.6. The Hall–Kier alpha value is -1.06. The molecule has 0 aliphatic heterocycles. The highest BCUT2D eigenvalue weighted by atomic mass is 32.2. The molecule has 0 atom stereocenters. The Balaban J connectivity index is 2.21. The summed E-state index contributed by atoms with van der Waals surface area (Å²) in [7, 11) is -3.54. The molecule has 2 aromatic rings. The number of sulfonamides is 1. The van der Waals surface area contributed by atoms with Crippen molar-refractivity contribution in [3.63, 3.8) is 0 Å². The summed E-state index contributed by atoms with van der Waals surface area (Å²) in [4.78, 5) is 3.93. The van der Waals surface area contributed by atoms with E-state index in [1.165, 1.54) is 17.8 Å². The largest absolute Gasteiger partial charge is 0.273 e. The van der Waals surface area contributed by atoms with Gasteiger partial charge in [-0.25, -0.2) is 18.2 Å². The molecule has 16 heavy (non-hydrogen) atoms. The topological polar surface area (TPSA) is 87.7 Å². The number of hydrogen-bond acceptors (Lipinski definition) is 6. The first kappa shape index (κ1) is 11.4. The van der Waals surface area contributed by atoms with Crippen LogP contribution in [0.15, 0.2) is 26.9 Å². The summed E-state index contributed by atoms with van der Waals surface area (Å²) in [6, 6.07) is 3.20. The molecule has 0 saturated carbocycles. The minimum absolute atomic E-state index is 0.123. The molecule has 2 N–H and O–H groups in total. The fourth-order valence-corrected chi connectivity index (χ4v) is 3.25. The lowest BCUT2D eigenvalue weighted by atomic mass is 10.7. The Kier molecular flexibility index (Phi) is 3.17. The highest BCUT2D eigenvalue weighted by Crippen LogP contribution is 2.19. The first-order valence-corrected chi connectivity index (χ1v) is 7.73. The van der Waals surface area contributed by atoms with Crippen molar-refractivity contribution in [1.29, 1.82) is 0 Å². The second kappa shape index (κ2) is 4.44. The fourth-order valence-electron chi connectivity index (χ4n) is 0.977. The molecule has 2 heterocycles. The molecular formula is C7H8N4O2S3. The van der Waals surface area contributed by atoms with Gasteiger partial charge >= 0.3 is 0 Å². The molecule has 0 amide bonds. The van der Waals surface area contributed by atoms with Gasteiger partial charge in [0.2, 0.25) is 11.1 Å². The number of nitrogens with zero attached hydrogens (tertiary/aromatic N) is 2. The quantitative estimate of drug-likeness (QED) is 0.824. The maximum Gasteiger partial charge on any atom is 0.273 e. The van der Waals surface area contributed by atoms with Gasteiger partial charge in [-0.1, -0.05) is 17.8 Å². The van der Waals surface area contributed by atoms with Crippen molar-refractivity contribution in [3.05, 3.63) is 17.5 Å².